The van der Waals surface area contributed by atoms with Gasteiger partial charge in [0.1, 0.15) is 11.3 Å². The van der Waals surface area contributed by atoms with E-state index in [0.717, 1.165) is 23.4 Å². The number of rotatable bonds is 3. The minimum Gasteiger partial charge on any atom is -0.322 e. The molecule has 0 aliphatic rings. The maximum Gasteiger partial charge on any atom is 0.125 e. The fourth-order valence-electron chi connectivity index (χ4n) is 2.40. The van der Waals surface area contributed by atoms with Crippen molar-refractivity contribution in [3.63, 3.8) is 0 Å². The third-order valence-electron chi connectivity index (χ3n) is 3.52. The third kappa shape index (κ3) is 2.30. The van der Waals surface area contributed by atoms with Gasteiger partial charge in [0, 0.05) is 6.54 Å². The summed E-state index contributed by atoms with van der Waals surface area (Å²) in [7, 11) is 0. The summed E-state index contributed by atoms with van der Waals surface area (Å²) in [5.74, 6) is 1.22. The summed E-state index contributed by atoms with van der Waals surface area (Å²) >= 11 is 12.3. The lowest BCUT2D eigenvalue weighted by molar-refractivity contribution is 0.774. The van der Waals surface area contributed by atoms with E-state index in [9.17, 15) is 0 Å². The second-order valence-electron chi connectivity index (χ2n) is 4.78. The first-order valence-electron chi connectivity index (χ1n) is 6.45. The normalized spacial score (nSPS) is 11.2. The van der Waals surface area contributed by atoms with Gasteiger partial charge in [-0.15, -0.1) is 11.6 Å². The number of fused-ring (bicyclic) bond motifs is 1. The molecule has 2 nitrogen and oxygen atoms in total. The van der Waals surface area contributed by atoms with Crippen LogP contribution in [0.15, 0.2) is 42.5 Å². The van der Waals surface area contributed by atoms with Crippen LogP contribution < -0.4 is 0 Å². The van der Waals surface area contributed by atoms with Gasteiger partial charge in [-0.3, -0.25) is 0 Å². The van der Waals surface area contributed by atoms with Gasteiger partial charge in [0.2, 0.25) is 0 Å². The van der Waals surface area contributed by atoms with Crippen LogP contribution in [0.2, 0.25) is 5.02 Å². The van der Waals surface area contributed by atoms with Gasteiger partial charge < -0.3 is 4.57 Å². The van der Waals surface area contributed by atoms with Crippen LogP contribution in [0.5, 0.6) is 0 Å². The molecule has 0 aliphatic carbocycles. The number of hydrogen-bond acceptors (Lipinski definition) is 1. The Morgan fingerprint density at radius 3 is 2.65 bits per heavy atom. The molecule has 0 spiro atoms. The lowest BCUT2D eigenvalue weighted by Crippen LogP contribution is -2.05. The van der Waals surface area contributed by atoms with Crippen LogP contribution in [0.3, 0.4) is 0 Å². The lowest BCUT2D eigenvalue weighted by Gasteiger charge is -2.10. The topological polar surface area (TPSA) is 17.8 Å². The van der Waals surface area contributed by atoms with Gasteiger partial charge in [0.25, 0.3) is 0 Å². The van der Waals surface area contributed by atoms with Crippen LogP contribution in [0, 0.1) is 6.92 Å². The van der Waals surface area contributed by atoms with Crippen molar-refractivity contribution < 1.29 is 0 Å². The van der Waals surface area contributed by atoms with Crippen molar-refractivity contribution >= 4 is 34.2 Å². The highest BCUT2D eigenvalue weighted by atomic mass is 35.5. The van der Waals surface area contributed by atoms with Gasteiger partial charge in [-0.25, -0.2) is 4.98 Å². The van der Waals surface area contributed by atoms with E-state index in [4.69, 9.17) is 23.2 Å². The summed E-state index contributed by atoms with van der Waals surface area (Å²) in [6.07, 6.45) is 0. The van der Waals surface area contributed by atoms with Crippen LogP contribution in [0.25, 0.3) is 11.0 Å². The Morgan fingerprint density at radius 1 is 1.10 bits per heavy atom. The Labute approximate surface area is 128 Å². The lowest BCUT2D eigenvalue weighted by atomic mass is 10.1. The predicted octanol–water partition coefficient (Wildman–Crippen LogP) is 4.79. The number of alkyl halides is 1. The van der Waals surface area contributed by atoms with Gasteiger partial charge >= 0.3 is 0 Å². The van der Waals surface area contributed by atoms with Gasteiger partial charge in [-0.2, -0.15) is 0 Å². The Kier molecular flexibility index (Phi) is 3.68. The highest BCUT2D eigenvalue weighted by Crippen LogP contribution is 2.26. The number of aromatic nitrogens is 2. The van der Waals surface area contributed by atoms with Gasteiger partial charge in [0.15, 0.2) is 0 Å². The van der Waals surface area contributed by atoms with Gasteiger partial charge in [-0.05, 0) is 30.2 Å². The summed E-state index contributed by atoms with van der Waals surface area (Å²) in [6.45, 7) is 2.87. The molecule has 3 rings (SSSR count). The van der Waals surface area contributed by atoms with E-state index in [1.807, 2.05) is 24.3 Å². The number of aryl methyl sites for hydroxylation is 1. The number of benzene rings is 2. The fourth-order valence-corrected chi connectivity index (χ4v) is 2.81. The zero-order chi connectivity index (χ0) is 14.1. The Morgan fingerprint density at radius 2 is 1.90 bits per heavy atom. The van der Waals surface area contributed by atoms with E-state index < -0.39 is 0 Å². The number of nitrogens with zero attached hydrogens (tertiary/aromatic N) is 2. The Bertz CT molecular complexity index is 762. The maximum absolute atomic E-state index is 6.21. The molecule has 2 aromatic carbocycles. The molecule has 1 aromatic heterocycles. The molecular formula is C16H14Cl2N2. The van der Waals surface area contributed by atoms with Crippen LogP contribution in [0.1, 0.15) is 17.0 Å². The quantitative estimate of drug-likeness (QED) is 0.636. The maximum atomic E-state index is 6.21. The molecule has 0 saturated heterocycles. The van der Waals surface area contributed by atoms with Crippen molar-refractivity contribution in [2.45, 2.75) is 19.3 Å². The molecule has 0 bridgehead atoms. The number of halogens is 2. The molecule has 0 amide bonds. The average Bonchev–Trinajstić information content (AvgIpc) is 2.81. The van der Waals surface area contributed by atoms with Crippen LogP contribution in [0.4, 0.5) is 0 Å². The monoisotopic (exact) mass is 304 g/mol. The summed E-state index contributed by atoms with van der Waals surface area (Å²) in [4.78, 5) is 4.56. The van der Waals surface area contributed by atoms with E-state index in [0.29, 0.717) is 10.9 Å². The molecule has 4 heteroatoms. The number of para-hydroxylation sites is 1. The smallest absolute Gasteiger partial charge is 0.125 e. The van der Waals surface area contributed by atoms with Gasteiger partial charge in [0.05, 0.1) is 16.4 Å². The zero-order valence-corrected chi connectivity index (χ0v) is 12.6. The minimum atomic E-state index is 0.372. The van der Waals surface area contributed by atoms with E-state index in [1.54, 1.807) is 0 Å². The van der Waals surface area contributed by atoms with Crippen molar-refractivity contribution in [1.82, 2.24) is 9.55 Å². The third-order valence-corrected chi connectivity index (χ3v) is 4.06. The Balaban J connectivity index is 2.15. The van der Waals surface area contributed by atoms with Crippen LogP contribution in [-0.2, 0) is 12.4 Å². The minimum absolute atomic E-state index is 0.372. The van der Waals surface area contributed by atoms with Crippen LogP contribution >= 0.6 is 23.2 Å². The molecule has 0 fully saturated rings. The standard InChI is InChI=1S/C16H14Cl2N2/c1-11-5-2-3-6-12(11)10-20-14-8-4-7-13(18)16(14)19-15(20)9-17/h2-8H,9-10H2,1H3. The molecule has 0 N–H and O–H groups in total. The summed E-state index contributed by atoms with van der Waals surface area (Å²) in [5.41, 5.74) is 4.37. The van der Waals surface area contributed by atoms with Gasteiger partial charge in [-0.1, -0.05) is 41.9 Å². The largest absolute Gasteiger partial charge is 0.322 e. The van der Waals surface area contributed by atoms with Crippen molar-refractivity contribution in [2.75, 3.05) is 0 Å². The molecule has 0 atom stereocenters. The van der Waals surface area contributed by atoms with Crippen LogP contribution in [-0.4, -0.2) is 9.55 Å². The molecule has 0 saturated carbocycles. The first-order chi connectivity index (χ1) is 9.70. The number of imidazole rings is 1. The highest BCUT2D eigenvalue weighted by Gasteiger charge is 2.13. The van der Waals surface area contributed by atoms with E-state index in [-0.39, 0.29) is 0 Å². The predicted molar refractivity (Wildman–Crippen MR) is 84.6 cm³/mol. The van der Waals surface area contributed by atoms with Crippen molar-refractivity contribution in [3.8, 4) is 0 Å². The molecule has 0 radical (unpaired) electrons. The summed E-state index contributed by atoms with van der Waals surface area (Å²) in [5, 5.41) is 0.664. The number of hydrogen-bond donors (Lipinski definition) is 0. The molecule has 3 aromatic rings. The zero-order valence-electron chi connectivity index (χ0n) is 11.1. The molecule has 0 aliphatic heterocycles. The first-order valence-corrected chi connectivity index (χ1v) is 7.36. The fraction of sp³-hybridized carbons (Fsp3) is 0.188. The summed E-state index contributed by atoms with van der Waals surface area (Å²) in [6, 6.07) is 14.2. The second kappa shape index (κ2) is 5.47. The first kappa shape index (κ1) is 13.5. The van der Waals surface area contributed by atoms with Crippen molar-refractivity contribution in [2.24, 2.45) is 0 Å². The Hall–Kier alpha value is -1.51. The van der Waals surface area contributed by atoms with Crippen molar-refractivity contribution in [1.29, 1.82) is 0 Å². The highest BCUT2D eigenvalue weighted by molar-refractivity contribution is 6.35. The van der Waals surface area contributed by atoms with E-state index in [1.165, 1.54) is 11.1 Å². The molecular weight excluding hydrogens is 291 g/mol. The SMILES string of the molecule is Cc1ccccc1Cn1c(CCl)nc2c(Cl)cccc21. The van der Waals surface area contributed by atoms with Crippen molar-refractivity contribution in [3.05, 3.63) is 64.4 Å². The molecule has 1 heterocycles. The molecule has 0 unspecified atom stereocenters. The second-order valence-corrected chi connectivity index (χ2v) is 5.46. The molecule has 20 heavy (non-hydrogen) atoms. The molecule has 102 valence electrons. The average molecular weight is 305 g/mol. The van der Waals surface area contributed by atoms with E-state index >= 15 is 0 Å². The van der Waals surface area contributed by atoms with E-state index in [2.05, 4.69) is 34.7 Å². The summed E-state index contributed by atoms with van der Waals surface area (Å²) < 4.78 is 2.14.